The van der Waals surface area contributed by atoms with Gasteiger partial charge in [-0.15, -0.1) is 0 Å². The largest absolute Gasteiger partial charge is 0.352 e. The first-order valence-corrected chi connectivity index (χ1v) is 13.1. The van der Waals surface area contributed by atoms with E-state index in [9.17, 15) is 18.0 Å². The lowest BCUT2D eigenvalue weighted by molar-refractivity contribution is -0.140. The van der Waals surface area contributed by atoms with Crippen molar-refractivity contribution in [3.05, 3.63) is 64.1 Å². The summed E-state index contributed by atoms with van der Waals surface area (Å²) in [5.74, 6) is -0.820. The average molecular weight is 514 g/mol. The SMILES string of the molecule is CC[C@@H](C(=O)NC(C)C)N(Cc1ccccc1)C(=O)CN(c1cc(Cl)cc(Cl)c1)S(C)(=O)=O. The Hall–Kier alpha value is -2.29. The van der Waals surface area contributed by atoms with E-state index in [4.69, 9.17) is 23.2 Å². The van der Waals surface area contributed by atoms with E-state index in [1.807, 2.05) is 44.2 Å². The van der Waals surface area contributed by atoms with Gasteiger partial charge in [0.2, 0.25) is 21.8 Å². The molecule has 0 radical (unpaired) electrons. The molecule has 0 aromatic heterocycles. The maximum Gasteiger partial charge on any atom is 0.244 e. The Morgan fingerprint density at radius 3 is 2.09 bits per heavy atom. The van der Waals surface area contributed by atoms with Gasteiger partial charge in [-0.3, -0.25) is 13.9 Å². The first kappa shape index (κ1) is 27.0. The van der Waals surface area contributed by atoms with E-state index in [2.05, 4.69) is 5.32 Å². The third kappa shape index (κ3) is 7.91. The quantitative estimate of drug-likeness (QED) is 0.518. The lowest BCUT2D eigenvalue weighted by atomic mass is 10.1. The minimum Gasteiger partial charge on any atom is -0.352 e. The fraction of sp³-hybridized carbons (Fsp3) is 0.391. The van der Waals surface area contributed by atoms with Gasteiger partial charge in [-0.2, -0.15) is 0 Å². The highest BCUT2D eigenvalue weighted by Gasteiger charge is 2.32. The molecule has 0 saturated carbocycles. The zero-order chi connectivity index (χ0) is 24.8. The van der Waals surface area contributed by atoms with Crippen molar-refractivity contribution in [3.8, 4) is 0 Å². The van der Waals surface area contributed by atoms with Crippen molar-refractivity contribution in [1.29, 1.82) is 0 Å². The topological polar surface area (TPSA) is 86.8 Å². The summed E-state index contributed by atoms with van der Waals surface area (Å²) in [5, 5.41) is 3.32. The molecule has 0 heterocycles. The molecule has 1 atom stereocenters. The van der Waals surface area contributed by atoms with Crippen LogP contribution in [-0.2, 0) is 26.2 Å². The Morgan fingerprint density at radius 2 is 1.61 bits per heavy atom. The molecular formula is C23H29Cl2N3O4S. The highest BCUT2D eigenvalue weighted by atomic mass is 35.5. The number of benzene rings is 2. The number of hydrogen-bond donors (Lipinski definition) is 1. The molecule has 10 heteroatoms. The molecule has 2 aromatic carbocycles. The number of nitrogens with zero attached hydrogens (tertiary/aromatic N) is 2. The molecule has 0 aliphatic rings. The number of halogens is 2. The highest BCUT2D eigenvalue weighted by molar-refractivity contribution is 7.92. The van der Waals surface area contributed by atoms with Crippen LogP contribution in [0.4, 0.5) is 5.69 Å². The normalized spacial score (nSPS) is 12.3. The third-order valence-electron chi connectivity index (χ3n) is 4.83. The van der Waals surface area contributed by atoms with Crippen molar-refractivity contribution >= 4 is 50.7 Å². The van der Waals surface area contributed by atoms with Gasteiger partial charge in [-0.1, -0.05) is 60.5 Å². The van der Waals surface area contributed by atoms with Crippen LogP contribution < -0.4 is 9.62 Å². The molecule has 2 rings (SSSR count). The minimum atomic E-state index is -3.86. The molecule has 0 spiro atoms. The van der Waals surface area contributed by atoms with Crippen molar-refractivity contribution in [2.24, 2.45) is 0 Å². The van der Waals surface area contributed by atoms with Gasteiger partial charge in [0.15, 0.2) is 0 Å². The highest BCUT2D eigenvalue weighted by Crippen LogP contribution is 2.27. The number of nitrogens with one attached hydrogen (secondary N) is 1. The fourth-order valence-corrected chi connectivity index (χ4v) is 4.73. The van der Waals surface area contributed by atoms with E-state index in [-0.39, 0.29) is 34.2 Å². The lowest BCUT2D eigenvalue weighted by Gasteiger charge is -2.33. The molecule has 0 fully saturated rings. The van der Waals surface area contributed by atoms with Gasteiger partial charge in [-0.05, 0) is 44.0 Å². The number of carbonyl (C=O) groups excluding carboxylic acids is 2. The Kier molecular flexibility index (Phi) is 9.57. The summed E-state index contributed by atoms with van der Waals surface area (Å²) in [4.78, 5) is 27.8. The van der Waals surface area contributed by atoms with E-state index in [0.29, 0.717) is 6.42 Å². The van der Waals surface area contributed by atoms with Crippen LogP contribution in [0, 0.1) is 0 Å². The molecule has 1 N–H and O–H groups in total. The Labute approximate surface area is 205 Å². The number of carbonyl (C=O) groups is 2. The van der Waals surface area contributed by atoms with Gasteiger partial charge in [0.05, 0.1) is 11.9 Å². The molecule has 7 nitrogen and oxygen atoms in total. The molecule has 0 aliphatic heterocycles. The number of rotatable bonds is 10. The first-order chi connectivity index (χ1) is 15.4. The summed E-state index contributed by atoms with van der Waals surface area (Å²) in [5.41, 5.74) is 0.987. The number of anilines is 1. The second kappa shape index (κ2) is 11.7. The van der Waals surface area contributed by atoms with Crippen molar-refractivity contribution < 1.29 is 18.0 Å². The van der Waals surface area contributed by atoms with Crippen molar-refractivity contribution in [2.45, 2.75) is 45.8 Å². The second-order valence-electron chi connectivity index (χ2n) is 7.99. The summed E-state index contributed by atoms with van der Waals surface area (Å²) < 4.78 is 26.1. The van der Waals surface area contributed by atoms with E-state index >= 15 is 0 Å². The molecule has 2 amide bonds. The van der Waals surface area contributed by atoms with E-state index in [1.165, 1.54) is 23.1 Å². The van der Waals surface area contributed by atoms with Gasteiger partial charge in [-0.25, -0.2) is 8.42 Å². The number of hydrogen-bond acceptors (Lipinski definition) is 4. The van der Waals surface area contributed by atoms with Crippen molar-refractivity contribution in [1.82, 2.24) is 10.2 Å². The van der Waals surface area contributed by atoms with Gasteiger partial charge >= 0.3 is 0 Å². The third-order valence-corrected chi connectivity index (χ3v) is 6.40. The van der Waals surface area contributed by atoms with Crippen LogP contribution in [0.15, 0.2) is 48.5 Å². The van der Waals surface area contributed by atoms with Crippen LogP contribution in [0.1, 0.15) is 32.8 Å². The van der Waals surface area contributed by atoms with Crippen molar-refractivity contribution in [2.75, 3.05) is 17.1 Å². The lowest BCUT2D eigenvalue weighted by Crippen LogP contribution is -2.53. The maximum absolute atomic E-state index is 13.5. The summed E-state index contributed by atoms with van der Waals surface area (Å²) in [6.07, 6.45) is 1.36. The van der Waals surface area contributed by atoms with Crippen molar-refractivity contribution in [3.63, 3.8) is 0 Å². The minimum absolute atomic E-state index is 0.110. The van der Waals surface area contributed by atoms with Gasteiger partial charge in [0, 0.05) is 22.6 Å². The second-order valence-corrected chi connectivity index (χ2v) is 10.8. The van der Waals surface area contributed by atoms with E-state index in [0.717, 1.165) is 16.1 Å². The summed E-state index contributed by atoms with van der Waals surface area (Å²) in [6.45, 7) is 5.12. The number of amides is 2. The molecule has 180 valence electrons. The van der Waals surface area contributed by atoms with Crippen LogP contribution in [0.2, 0.25) is 10.0 Å². The van der Waals surface area contributed by atoms with Crippen LogP contribution in [-0.4, -0.2) is 50.0 Å². The van der Waals surface area contributed by atoms with Gasteiger partial charge < -0.3 is 10.2 Å². The predicted molar refractivity (Wildman–Crippen MR) is 133 cm³/mol. The Bertz CT molecular complexity index is 1060. The molecule has 0 unspecified atom stereocenters. The van der Waals surface area contributed by atoms with Crippen LogP contribution in [0.5, 0.6) is 0 Å². The number of sulfonamides is 1. The van der Waals surface area contributed by atoms with Gasteiger partial charge in [0.1, 0.15) is 12.6 Å². The molecule has 33 heavy (non-hydrogen) atoms. The summed E-state index contributed by atoms with van der Waals surface area (Å²) >= 11 is 12.1. The molecule has 0 aliphatic carbocycles. The average Bonchev–Trinajstić information content (AvgIpc) is 2.70. The Morgan fingerprint density at radius 1 is 1.03 bits per heavy atom. The van der Waals surface area contributed by atoms with Gasteiger partial charge in [0.25, 0.3) is 0 Å². The van der Waals surface area contributed by atoms with Crippen LogP contribution in [0.25, 0.3) is 0 Å². The molecule has 2 aromatic rings. The monoisotopic (exact) mass is 513 g/mol. The summed E-state index contributed by atoms with van der Waals surface area (Å²) in [6, 6.07) is 12.7. The zero-order valence-electron chi connectivity index (χ0n) is 19.1. The van der Waals surface area contributed by atoms with Crippen LogP contribution >= 0.6 is 23.2 Å². The standard InChI is InChI=1S/C23H29Cl2N3O4S/c1-5-21(23(30)26-16(2)3)27(14-17-9-7-6-8-10-17)22(29)15-28(33(4,31)32)20-12-18(24)11-19(25)13-20/h6-13,16,21H,5,14-15H2,1-4H3,(H,26,30)/t21-/m0/s1. The fourth-order valence-electron chi connectivity index (χ4n) is 3.38. The van der Waals surface area contributed by atoms with Crippen LogP contribution in [0.3, 0.4) is 0 Å². The zero-order valence-corrected chi connectivity index (χ0v) is 21.4. The smallest absolute Gasteiger partial charge is 0.244 e. The molecule has 0 saturated heterocycles. The maximum atomic E-state index is 13.5. The molecule has 0 bridgehead atoms. The predicted octanol–water partition coefficient (Wildman–Crippen LogP) is 4.09. The Balaban J connectivity index is 2.45. The van der Waals surface area contributed by atoms with E-state index < -0.39 is 28.5 Å². The summed E-state index contributed by atoms with van der Waals surface area (Å²) in [7, 11) is -3.86. The molecular weight excluding hydrogens is 485 g/mol. The van der Waals surface area contributed by atoms with E-state index in [1.54, 1.807) is 6.92 Å². The first-order valence-electron chi connectivity index (χ1n) is 10.5.